The second kappa shape index (κ2) is 7.86. The van der Waals surface area contributed by atoms with Gasteiger partial charge in [-0.2, -0.15) is 5.10 Å². The molecular formula is C20H26N4O2S. The van der Waals surface area contributed by atoms with E-state index in [0.717, 1.165) is 36.3 Å². The monoisotopic (exact) mass is 386 g/mol. The zero-order valence-electron chi connectivity index (χ0n) is 15.7. The number of para-hydroxylation sites is 2. The van der Waals surface area contributed by atoms with Crippen molar-refractivity contribution in [3.05, 3.63) is 47.5 Å². The van der Waals surface area contributed by atoms with Gasteiger partial charge in [-0.25, -0.2) is 4.68 Å². The number of ether oxygens (including phenoxy) is 2. The third kappa shape index (κ3) is 3.80. The van der Waals surface area contributed by atoms with Crippen molar-refractivity contribution in [1.29, 1.82) is 0 Å². The molecule has 0 saturated carbocycles. The summed E-state index contributed by atoms with van der Waals surface area (Å²) in [5, 5.41) is 4.82. The van der Waals surface area contributed by atoms with Crippen LogP contribution in [0.15, 0.2) is 36.9 Å². The highest BCUT2D eigenvalue weighted by Gasteiger charge is 2.28. The number of piperidine rings is 1. The van der Waals surface area contributed by atoms with Crippen LogP contribution in [0.3, 0.4) is 0 Å². The van der Waals surface area contributed by atoms with Gasteiger partial charge in [0.1, 0.15) is 6.61 Å². The highest BCUT2D eigenvalue weighted by Crippen LogP contribution is 2.35. The van der Waals surface area contributed by atoms with Gasteiger partial charge < -0.3 is 9.47 Å². The lowest BCUT2D eigenvalue weighted by atomic mass is 10.00. The lowest BCUT2D eigenvalue weighted by molar-refractivity contribution is 0.0814. The van der Waals surface area contributed by atoms with E-state index in [4.69, 9.17) is 26.8 Å². The number of fused-ring (bicyclic) bond motifs is 1. The molecule has 1 atom stereocenters. The SMILES string of the molecule is C=CCn1c([C@@H]2COc3ccccc3O2)nn(CN2CCC(C)CC2)c1=S. The lowest BCUT2D eigenvalue weighted by Crippen LogP contribution is -2.34. The van der Waals surface area contributed by atoms with Crippen molar-refractivity contribution in [3.63, 3.8) is 0 Å². The van der Waals surface area contributed by atoms with Gasteiger partial charge in [0.25, 0.3) is 0 Å². The third-order valence-corrected chi connectivity index (χ3v) is 5.70. The first-order valence-electron chi connectivity index (χ1n) is 9.55. The van der Waals surface area contributed by atoms with Gasteiger partial charge in [0, 0.05) is 19.6 Å². The van der Waals surface area contributed by atoms with Gasteiger partial charge in [-0.05, 0) is 43.1 Å². The minimum atomic E-state index is -0.288. The first-order chi connectivity index (χ1) is 13.2. The Morgan fingerprint density at radius 3 is 2.74 bits per heavy atom. The van der Waals surface area contributed by atoms with E-state index in [0.29, 0.717) is 24.6 Å². The average Bonchev–Trinajstić information content (AvgIpc) is 2.99. The second-order valence-electron chi connectivity index (χ2n) is 7.35. The molecule has 0 spiro atoms. The summed E-state index contributed by atoms with van der Waals surface area (Å²) in [6.45, 7) is 10.1. The summed E-state index contributed by atoms with van der Waals surface area (Å²) >= 11 is 5.71. The fourth-order valence-electron chi connectivity index (χ4n) is 3.63. The Labute approximate surface area is 165 Å². The van der Waals surface area contributed by atoms with Gasteiger partial charge in [0.2, 0.25) is 0 Å². The molecule has 0 unspecified atom stereocenters. The summed E-state index contributed by atoms with van der Waals surface area (Å²) in [5.74, 6) is 3.10. The summed E-state index contributed by atoms with van der Waals surface area (Å²) in [4.78, 5) is 2.42. The molecule has 144 valence electrons. The van der Waals surface area contributed by atoms with Crippen molar-refractivity contribution < 1.29 is 9.47 Å². The minimum Gasteiger partial charge on any atom is -0.485 e. The Morgan fingerprint density at radius 1 is 1.26 bits per heavy atom. The van der Waals surface area contributed by atoms with Crippen LogP contribution in [0.1, 0.15) is 31.7 Å². The fraction of sp³-hybridized carbons (Fsp3) is 0.500. The van der Waals surface area contributed by atoms with E-state index in [1.165, 1.54) is 12.8 Å². The molecule has 1 aromatic heterocycles. The molecule has 0 radical (unpaired) electrons. The van der Waals surface area contributed by atoms with Crippen molar-refractivity contribution in [1.82, 2.24) is 19.2 Å². The minimum absolute atomic E-state index is 0.288. The number of allylic oxidation sites excluding steroid dienone is 1. The highest BCUT2D eigenvalue weighted by atomic mass is 32.1. The maximum Gasteiger partial charge on any atom is 0.199 e. The van der Waals surface area contributed by atoms with Crippen LogP contribution in [0.25, 0.3) is 0 Å². The molecule has 7 heteroatoms. The van der Waals surface area contributed by atoms with Crippen LogP contribution in [-0.4, -0.2) is 38.9 Å². The largest absolute Gasteiger partial charge is 0.485 e. The van der Waals surface area contributed by atoms with E-state index >= 15 is 0 Å². The van der Waals surface area contributed by atoms with Crippen LogP contribution >= 0.6 is 12.2 Å². The van der Waals surface area contributed by atoms with E-state index < -0.39 is 0 Å². The number of aromatic nitrogens is 3. The quantitative estimate of drug-likeness (QED) is 0.578. The number of hydrogen-bond acceptors (Lipinski definition) is 5. The normalized spacial score (nSPS) is 20.6. The maximum atomic E-state index is 6.16. The number of hydrogen-bond donors (Lipinski definition) is 0. The first-order valence-corrected chi connectivity index (χ1v) is 9.96. The van der Waals surface area contributed by atoms with Crippen molar-refractivity contribution in [2.24, 2.45) is 5.92 Å². The number of likely N-dealkylation sites (tertiary alicyclic amines) is 1. The summed E-state index contributed by atoms with van der Waals surface area (Å²) in [6.07, 6.45) is 4.00. The number of benzene rings is 1. The zero-order valence-corrected chi connectivity index (χ0v) is 16.5. The van der Waals surface area contributed by atoms with Gasteiger partial charge >= 0.3 is 0 Å². The topological polar surface area (TPSA) is 44.5 Å². The standard InChI is InChI=1S/C20H26N4O2S/c1-3-10-23-19(18-13-25-16-6-4-5-7-17(16)26-18)21-24(20(23)27)14-22-11-8-15(2)9-12-22/h3-7,15,18H,1,8-14H2,2H3/t18-/m0/s1. The third-order valence-electron chi connectivity index (χ3n) is 5.27. The second-order valence-corrected chi connectivity index (χ2v) is 7.71. The summed E-state index contributed by atoms with van der Waals surface area (Å²) < 4.78 is 16.6. The van der Waals surface area contributed by atoms with Crippen LogP contribution in [0.4, 0.5) is 0 Å². The van der Waals surface area contributed by atoms with Gasteiger partial charge in [-0.3, -0.25) is 9.47 Å². The van der Waals surface area contributed by atoms with Gasteiger partial charge in [-0.1, -0.05) is 25.1 Å². The van der Waals surface area contributed by atoms with Gasteiger partial charge in [0.05, 0.1) is 6.67 Å². The predicted molar refractivity (Wildman–Crippen MR) is 107 cm³/mol. The molecule has 2 aromatic rings. The molecule has 3 heterocycles. The Morgan fingerprint density at radius 2 is 2.00 bits per heavy atom. The zero-order chi connectivity index (χ0) is 18.8. The molecule has 4 rings (SSSR count). The van der Waals surface area contributed by atoms with Gasteiger partial charge in [-0.15, -0.1) is 6.58 Å². The van der Waals surface area contributed by atoms with Crippen LogP contribution in [0.2, 0.25) is 0 Å². The van der Waals surface area contributed by atoms with E-state index in [-0.39, 0.29) is 6.10 Å². The summed E-state index contributed by atoms with van der Waals surface area (Å²) in [7, 11) is 0. The molecule has 0 amide bonds. The van der Waals surface area contributed by atoms with Crippen molar-refractivity contribution in [2.45, 2.75) is 39.1 Å². The molecular weight excluding hydrogens is 360 g/mol. The molecule has 0 bridgehead atoms. The van der Waals surface area contributed by atoms with Crippen LogP contribution in [-0.2, 0) is 13.2 Å². The molecule has 6 nitrogen and oxygen atoms in total. The van der Waals surface area contributed by atoms with Gasteiger partial charge in [0.15, 0.2) is 28.2 Å². The Bertz CT molecular complexity index is 867. The van der Waals surface area contributed by atoms with Crippen LogP contribution in [0.5, 0.6) is 11.5 Å². The molecule has 0 N–H and O–H groups in total. The Balaban J connectivity index is 1.59. The smallest absolute Gasteiger partial charge is 0.199 e. The van der Waals surface area contributed by atoms with Crippen LogP contribution in [0, 0.1) is 10.7 Å². The summed E-state index contributed by atoms with van der Waals surface area (Å²) in [5.41, 5.74) is 0. The molecule has 27 heavy (non-hydrogen) atoms. The van der Waals surface area contributed by atoms with Crippen molar-refractivity contribution in [2.75, 3.05) is 19.7 Å². The molecule has 0 aliphatic carbocycles. The van der Waals surface area contributed by atoms with Crippen LogP contribution < -0.4 is 9.47 Å². The van der Waals surface area contributed by atoms with E-state index in [2.05, 4.69) is 18.4 Å². The molecule has 1 saturated heterocycles. The van der Waals surface area contributed by atoms with Crippen molar-refractivity contribution in [3.8, 4) is 11.5 Å². The molecule has 2 aliphatic heterocycles. The van der Waals surface area contributed by atoms with E-state index in [1.807, 2.05) is 39.6 Å². The van der Waals surface area contributed by atoms with E-state index in [9.17, 15) is 0 Å². The highest BCUT2D eigenvalue weighted by molar-refractivity contribution is 7.71. The number of nitrogens with zero attached hydrogens (tertiary/aromatic N) is 4. The lowest BCUT2D eigenvalue weighted by Gasteiger charge is -2.29. The van der Waals surface area contributed by atoms with Crippen molar-refractivity contribution >= 4 is 12.2 Å². The predicted octanol–water partition coefficient (Wildman–Crippen LogP) is 3.80. The first kappa shape index (κ1) is 18.3. The Kier molecular flexibility index (Phi) is 5.31. The molecule has 1 fully saturated rings. The average molecular weight is 387 g/mol. The Hall–Kier alpha value is -2.12. The molecule has 1 aromatic carbocycles. The summed E-state index contributed by atoms with van der Waals surface area (Å²) in [6, 6.07) is 7.71. The number of rotatable bonds is 5. The fourth-order valence-corrected chi connectivity index (χ4v) is 3.90. The van der Waals surface area contributed by atoms with E-state index in [1.54, 1.807) is 0 Å². The molecule has 2 aliphatic rings. The maximum absolute atomic E-state index is 6.16.